The maximum Gasteiger partial charge on any atom is 0.206 e. The maximum absolute atomic E-state index is 13.1. The quantitative estimate of drug-likeness (QED) is 0.405. The Hall–Kier alpha value is -2.17. The number of aliphatic hydroxyl groups is 2. The van der Waals surface area contributed by atoms with Gasteiger partial charge in [0.15, 0.2) is 0 Å². The molecule has 2 heterocycles. The van der Waals surface area contributed by atoms with E-state index in [-0.39, 0.29) is 23.0 Å². The fourth-order valence-electron chi connectivity index (χ4n) is 5.29. The molecule has 2 aliphatic heterocycles. The average molecular weight is 561 g/mol. The normalized spacial score (nSPS) is 19.5. The van der Waals surface area contributed by atoms with Crippen molar-refractivity contribution in [3.05, 3.63) is 48.5 Å². The van der Waals surface area contributed by atoms with Gasteiger partial charge >= 0.3 is 0 Å². The lowest BCUT2D eigenvalue weighted by atomic mass is 10.2. The molecule has 2 aliphatic rings. The predicted molar refractivity (Wildman–Crippen MR) is 151 cm³/mol. The van der Waals surface area contributed by atoms with E-state index in [0.29, 0.717) is 24.6 Å². The molecule has 0 spiro atoms. The number of hydrogen-bond acceptors (Lipinski definition) is 8. The van der Waals surface area contributed by atoms with Crippen LogP contribution in [0.5, 0.6) is 11.5 Å². The number of β-amino-alcohol motifs (C(OH)–C–C–N with tert-alkyl or cyclic N) is 2. The zero-order chi connectivity index (χ0) is 27.5. The number of sulfone groups is 1. The SMILES string of the molecule is O=S(=O)(c1ccc(OCC(O)CN2CCCCCC2)cc1)c1ccc(OCC(O)CN2CCCCCC2)cc1. The summed E-state index contributed by atoms with van der Waals surface area (Å²) < 4.78 is 37.7. The first kappa shape index (κ1) is 29.8. The van der Waals surface area contributed by atoms with Gasteiger partial charge < -0.3 is 29.5 Å². The number of hydrogen-bond donors (Lipinski definition) is 2. The van der Waals surface area contributed by atoms with E-state index in [1.54, 1.807) is 24.3 Å². The molecule has 0 aliphatic carbocycles. The van der Waals surface area contributed by atoms with Crippen molar-refractivity contribution in [1.29, 1.82) is 0 Å². The van der Waals surface area contributed by atoms with Crippen LogP contribution in [0.4, 0.5) is 0 Å². The first-order valence-corrected chi connectivity index (χ1v) is 15.9. The molecule has 9 heteroatoms. The predicted octanol–water partition coefficient (Wildman–Crippen LogP) is 3.75. The molecule has 2 unspecified atom stereocenters. The highest BCUT2D eigenvalue weighted by Crippen LogP contribution is 2.25. The summed E-state index contributed by atoms with van der Waals surface area (Å²) in [6.07, 6.45) is 8.48. The minimum atomic E-state index is -3.70. The number of rotatable bonds is 12. The molecule has 2 saturated heterocycles. The Kier molecular flexibility index (Phi) is 11.5. The van der Waals surface area contributed by atoms with Crippen LogP contribution < -0.4 is 9.47 Å². The number of aliphatic hydroxyl groups excluding tert-OH is 2. The molecule has 2 atom stereocenters. The van der Waals surface area contributed by atoms with E-state index in [1.165, 1.54) is 75.6 Å². The molecule has 2 aromatic rings. The summed E-state index contributed by atoms with van der Waals surface area (Å²) in [7, 11) is -3.70. The van der Waals surface area contributed by atoms with Crippen LogP contribution in [0.15, 0.2) is 58.3 Å². The minimum Gasteiger partial charge on any atom is -0.491 e. The zero-order valence-electron chi connectivity index (χ0n) is 22.9. The summed E-state index contributed by atoms with van der Waals surface area (Å²) >= 11 is 0. The topological polar surface area (TPSA) is 99.5 Å². The third-order valence-electron chi connectivity index (χ3n) is 7.49. The number of ether oxygens (including phenoxy) is 2. The van der Waals surface area contributed by atoms with Crippen molar-refractivity contribution in [3.63, 3.8) is 0 Å². The second kappa shape index (κ2) is 15.0. The Morgan fingerprint density at radius 2 is 0.923 bits per heavy atom. The fraction of sp³-hybridized carbons (Fsp3) is 0.600. The van der Waals surface area contributed by atoms with Crippen LogP contribution in [0.1, 0.15) is 51.4 Å². The third kappa shape index (κ3) is 9.46. The third-order valence-corrected chi connectivity index (χ3v) is 9.27. The molecule has 0 saturated carbocycles. The number of likely N-dealkylation sites (tertiary alicyclic amines) is 2. The lowest BCUT2D eigenvalue weighted by Crippen LogP contribution is -2.36. The molecule has 0 aromatic heterocycles. The molecule has 0 radical (unpaired) electrons. The standard InChI is InChI=1S/C30H44N2O6S/c33-25(21-31-17-5-1-2-6-18-31)23-37-27-9-13-29(14-10-27)39(35,36)30-15-11-28(12-16-30)38-24-26(34)22-32-19-7-3-4-8-20-32/h9-16,25-26,33-34H,1-8,17-24H2. The van der Waals surface area contributed by atoms with Crippen LogP contribution in [-0.2, 0) is 9.84 Å². The van der Waals surface area contributed by atoms with E-state index < -0.39 is 22.0 Å². The van der Waals surface area contributed by atoms with Crippen molar-refractivity contribution in [3.8, 4) is 11.5 Å². The van der Waals surface area contributed by atoms with Crippen molar-refractivity contribution in [1.82, 2.24) is 9.80 Å². The van der Waals surface area contributed by atoms with Crippen molar-refractivity contribution in [2.24, 2.45) is 0 Å². The Morgan fingerprint density at radius 1 is 0.590 bits per heavy atom. The van der Waals surface area contributed by atoms with Crippen molar-refractivity contribution < 1.29 is 28.1 Å². The maximum atomic E-state index is 13.1. The van der Waals surface area contributed by atoms with Gasteiger partial charge in [0.2, 0.25) is 9.84 Å². The summed E-state index contributed by atoms with van der Waals surface area (Å²) in [5.41, 5.74) is 0. The van der Waals surface area contributed by atoms with E-state index in [2.05, 4.69) is 9.80 Å². The van der Waals surface area contributed by atoms with Gasteiger partial charge in [0.25, 0.3) is 0 Å². The van der Waals surface area contributed by atoms with E-state index in [0.717, 1.165) is 26.2 Å². The van der Waals surface area contributed by atoms with Gasteiger partial charge in [-0.2, -0.15) is 0 Å². The highest BCUT2D eigenvalue weighted by Gasteiger charge is 2.19. The Morgan fingerprint density at radius 3 is 1.26 bits per heavy atom. The highest BCUT2D eigenvalue weighted by molar-refractivity contribution is 7.91. The Labute approximate surface area is 233 Å². The summed E-state index contributed by atoms with van der Waals surface area (Å²) in [6, 6.07) is 12.6. The van der Waals surface area contributed by atoms with Crippen molar-refractivity contribution in [2.45, 2.75) is 73.4 Å². The monoisotopic (exact) mass is 560 g/mol. The molecule has 8 nitrogen and oxygen atoms in total. The van der Waals surface area contributed by atoms with Crippen LogP contribution in [-0.4, -0.2) is 93.1 Å². The Balaban J connectivity index is 1.24. The van der Waals surface area contributed by atoms with Gasteiger partial charge in [-0.1, -0.05) is 25.7 Å². The molecule has 2 N–H and O–H groups in total. The molecule has 2 fully saturated rings. The first-order chi connectivity index (χ1) is 18.9. The van der Waals surface area contributed by atoms with E-state index >= 15 is 0 Å². The number of nitrogens with zero attached hydrogens (tertiary/aromatic N) is 2. The molecule has 216 valence electrons. The van der Waals surface area contributed by atoms with Crippen LogP contribution in [0.25, 0.3) is 0 Å². The zero-order valence-corrected chi connectivity index (χ0v) is 23.7. The van der Waals surface area contributed by atoms with E-state index in [4.69, 9.17) is 9.47 Å². The summed E-state index contributed by atoms with van der Waals surface area (Å²) in [6.45, 7) is 5.55. The fourth-order valence-corrected chi connectivity index (χ4v) is 6.55. The lowest BCUT2D eigenvalue weighted by Gasteiger charge is -2.23. The summed E-state index contributed by atoms with van der Waals surface area (Å²) in [5.74, 6) is 1.04. The molecular weight excluding hydrogens is 516 g/mol. The summed E-state index contributed by atoms with van der Waals surface area (Å²) in [4.78, 5) is 4.90. The summed E-state index contributed by atoms with van der Waals surface area (Å²) in [5, 5.41) is 20.7. The molecule has 2 aromatic carbocycles. The average Bonchev–Trinajstić information content (AvgIpc) is 3.36. The first-order valence-electron chi connectivity index (χ1n) is 14.4. The highest BCUT2D eigenvalue weighted by atomic mass is 32.2. The van der Waals surface area contributed by atoms with Gasteiger partial charge in [0.05, 0.1) is 9.79 Å². The Bertz CT molecular complexity index is 996. The molecule has 0 amide bonds. The van der Waals surface area contributed by atoms with Crippen LogP contribution in [0, 0.1) is 0 Å². The van der Waals surface area contributed by atoms with Crippen LogP contribution in [0.2, 0.25) is 0 Å². The van der Waals surface area contributed by atoms with E-state index in [9.17, 15) is 18.6 Å². The van der Waals surface area contributed by atoms with Crippen LogP contribution >= 0.6 is 0 Å². The van der Waals surface area contributed by atoms with Gasteiger partial charge in [0.1, 0.15) is 36.9 Å². The molecule has 0 bridgehead atoms. The van der Waals surface area contributed by atoms with Gasteiger partial charge in [-0.3, -0.25) is 0 Å². The van der Waals surface area contributed by atoms with Gasteiger partial charge in [0, 0.05) is 13.1 Å². The van der Waals surface area contributed by atoms with Gasteiger partial charge in [-0.25, -0.2) is 8.42 Å². The lowest BCUT2D eigenvalue weighted by molar-refractivity contribution is 0.0693. The molecule has 4 rings (SSSR count). The van der Waals surface area contributed by atoms with Gasteiger partial charge in [-0.15, -0.1) is 0 Å². The van der Waals surface area contributed by atoms with Gasteiger partial charge in [-0.05, 0) is 100 Å². The molecule has 39 heavy (non-hydrogen) atoms. The van der Waals surface area contributed by atoms with Crippen molar-refractivity contribution >= 4 is 9.84 Å². The van der Waals surface area contributed by atoms with Crippen molar-refractivity contribution in [2.75, 3.05) is 52.5 Å². The van der Waals surface area contributed by atoms with E-state index in [1.807, 2.05) is 0 Å². The van der Waals surface area contributed by atoms with Crippen LogP contribution in [0.3, 0.4) is 0 Å². The molecular formula is C30H44N2O6S. The second-order valence-corrected chi connectivity index (χ2v) is 12.8. The minimum absolute atomic E-state index is 0.163. The smallest absolute Gasteiger partial charge is 0.206 e. The second-order valence-electron chi connectivity index (χ2n) is 10.8. The number of benzene rings is 2. The largest absolute Gasteiger partial charge is 0.491 e.